The van der Waals surface area contributed by atoms with E-state index < -0.39 is 0 Å². The molecule has 0 bridgehead atoms. The van der Waals surface area contributed by atoms with Gasteiger partial charge in [0.1, 0.15) is 0 Å². The zero-order valence-corrected chi connectivity index (χ0v) is 19.9. The van der Waals surface area contributed by atoms with E-state index in [0.717, 1.165) is 25.1 Å². The minimum atomic E-state index is -0.100. The molecule has 4 rings (SSSR count). The van der Waals surface area contributed by atoms with Crippen LogP contribution in [0.5, 0.6) is 11.5 Å². The first-order chi connectivity index (χ1) is 16.0. The standard InChI is InChI=1S/C25H30ClN3O4/c1-3-14-33-24-20(26)15-19(16-22(24)32-2)25(31)28-12-10-27(11-13-28)17-23(30)29-9-8-18-6-4-5-7-21(18)29/h4-7,15-16H,3,8-14,17H2,1-2H3. The van der Waals surface area contributed by atoms with E-state index in [4.69, 9.17) is 21.1 Å². The van der Waals surface area contributed by atoms with E-state index in [1.165, 1.54) is 12.7 Å². The average molecular weight is 472 g/mol. The second-order valence-electron chi connectivity index (χ2n) is 8.33. The number of methoxy groups -OCH3 is 1. The van der Waals surface area contributed by atoms with Crippen LogP contribution in [0.4, 0.5) is 5.69 Å². The molecule has 0 unspecified atom stereocenters. The van der Waals surface area contributed by atoms with Crippen molar-refractivity contribution in [1.82, 2.24) is 9.80 Å². The Bertz CT molecular complexity index is 1020. The van der Waals surface area contributed by atoms with Gasteiger partial charge in [-0.25, -0.2) is 0 Å². The molecule has 0 aromatic heterocycles. The first kappa shape index (κ1) is 23.4. The van der Waals surface area contributed by atoms with Crippen LogP contribution in [0, 0.1) is 0 Å². The van der Waals surface area contributed by atoms with Crippen molar-refractivity contribution in [3.8, 4) is 11.5 Å². The largest absolute Gasteiger partial charge is 0.493 e. The second-order valence-corrected chi connectivity index (χ2v) is 8.74. The minimum Gasteiger partial charge on any atom is -0.493 e. The van der Waals surface area contributed by atoms with Crippen molar-refractivity contribution in [2.45, 2.75) is 19.8 Å². The van der Waals surface area contributed by atoms with Crippen molar-refractivity contribution in [2.24, 2.45) is 0 Å². The molecule has 2 heterocycles. The highest BCUT2D eigenvalue weighted by atomic mass is 35.5. The van der Waals surface area contributed by atoms with Crippen LogP contribution in [0.15, 0.2) is 36.4 Å². The molecule has 1 saturated heterocycles. The summed E-state index contributed by atoms with van der Waals surface area (Å²) in [4.78, 5) is 31.8. The van der Waals surface area contributed by atoms with Crippen molar-refractivity contribution < 1.29 is 19.1 Å². The number of amides is 2. The molecule has 1 fully saturated rings. The van der Waals surface area contributed by atoms with E-state index in [9.17, 15) is 9.59 Å². The number of anilines is 1. The van der Waals surface area contributed by atoms with Crippen molar-refractivity contribution in [1.29, 1.82) is 0 Å². The fraction of sp³-hybridized carbons (Fsp3) is 0.440. The van der Waals surface area contributed by atoms with E-state index >= 15 is 0 Å². The first-order valence-corrected chi connectivity index (χ1v) is 11.8. The summed E-state index contributed by atoms with van der Waals surface area (Å²) in [5.74, 6) is 0.925. The molecule has 8 heteroatoms. The fourth-order valence-electron chi connectivity index (χ4n) is 4.35. The van der Waals surface area contributed by atoms with Crippen LogP contribution in [0.1, 0.15) is 29.3 Å². The van der Waals surface area contributed by atoms with Crippen LogP contribution >= 0.6 is 11.6 Å². The quantitative estimate of drug-likeness (QED) is 0.618. The number of para-hydroxylation sites is 1. The topological polar surface area (TPSA) is 62.3 Å². The first-order valence-electron chi connectivity index (χ1n) is 11.4. The lowest BCUT2D eigenvalue weighted by Gasteiger charge is -2.35. The number of benzene rings is 2. The summed E-state index contributed by atoms with van der Waals surface area (Å²) in [6.07, 6.45) is 1.75. The third-order valence-electron chi connectivity index (χ3n) is 6.13. The number of ether oxygens (including phenoxy) is 2. The normalized spacial score (nSPS) is 16.0. The molecule has 2 aliphatic rings. The molecule has 2 aromatic rings. The molecular formula is C25H30ClN3O4. The maximum Gasteiger partial charge on any atom is 0.254 e. The SMILES string of the molecule is CCCOc1c(Cl)cc(C(=O)N2CCN(CC(=O)N3CCc4ccccc43)CC2)cc1OC. The van der Waals surface area contributed by atoms with Gasteiger partial charge in [0.25, 0.3) is 5.91 Å². The van der Waals surface area contributed by atoms with E-state index in [1.807, 2.05) is 30.0 Å². The molecule has 2 aliphatic heterocycles. The number of nitrogens with zero attached hydrogens (tertiary/aromatic N) is 3. The highest BCUT2D eigenvalue weighted by Crippen LogP contribution is 2.37. The Morgan fingerprint density at radius 3 is 2.55 bits per heavy atom. The van der Waals surface area contributed by atoms with Gasteiger partial charge in [0.15, 0.2) is 11.5 Å². The van der Waals surface area contributed by atoms with Crippen molar-refractivity contribution >= 4 is 29.1 Å². The summed E-state index contributed by atoms with van der Waals surface area (Å²) in [5, 5.41) is 0.362. The third kappa shape index (κ3) is 5.09. The molecule has 7 nitrogen and oxygen atoms in total. The van der Waals surface area contributed by atoms with Crippen LogP contribution in [0.2, 0.25) is 5.02 Å². The molecule has 0 spiro atoms. The van der Waals surface area contributed by atoms with E-state index in [1.54, 1.807) is 17.0 Å². The molecule has 176 valence electrons. The summed E-state index contributed by atoms with van der Waals surface area (Å²) in [7, 11) is 1.53. The van der Waals surface area contributed by atoms with Crippen LogP contribution in [-0.4, -0.2) is 74.6 Å². The van der Waals surface area contributed by atoms with E-state index in [0.29, 0.717) is 61.4 Å². The number of piperazine rings is 1. The average Bonchev–Trinajstić information content (AvgIpc) is 3.27. The summed E-state index contributed by atoms with van der Waals surface area (Å²) in [6, 6.07) is 11.4. The van der Waals surface area contributed by atoms with Gasteiger partial charge in [0, 0.05) is 44.0 Å². The number of halogens is 1. The van der Waals surface area contributed by atoms with E-state index in [2.05, 4.69) is 11.0 Å². The smallest absolute Gasteiger partial charge is 0.254 e. The van der Waals surface area contributed by atoms with Crippen molar-refractivity contribution in [2.75, 3.05) is 57.9 Å². The highest BCUT2D eigenvalue weighted by molar-refractivity contribution is 6.32. The highest BCUT2D eigenvalue weighted by Gasteiger charge is 2.28. The number of rotatable bonds is 7. The Morgan fingerprint density at radius 1 is 1.06 bits per heavy atom. The van der Waals surface area contributed by atoms with Gasteiger partial charge < -0.3 is 19.3 Å². The molecule has 0 atom stereocenters. The lowest BCUT2D eigenvalue weighted by molar-refractivity contribution is -0.120. The number of carbonyl (C=O) groups excluding carboxylic acids is 2. The van der Waals surface area contributed by atoms with Gasteiger partial charge in [0.2, 0.25) is 5.91 Å². The zero-order valence-electron chi connectivity index (χ0n) is 19.2. The fourth-order valence-corrected chi connectivity index (χ4v) is 4.62. The van der Waals surface area contributed by atoms with Gasteiger partial charge in [-0.3, -0.25) is 14.5 Å². The lowest BCUT2D eigenvalue weighted by Crippen LogP contribution is -2.51. The molecule has 0 N–H and O–H groups in total. The van der Waals surface area contributed by atoms with Gasteiger partial charge in [-0.15, -0.1) is 0 Å². The Labute approximate surface area is 199 Å². The zero-order chi connectivity index (χ0) is 23.4. The molecule has 2 aromatic carbocycles. The summed E-state index contributed by atoms with van der Waals surface area (Å²) in [6.45, 7) is 6.03. The van der Waals surface area contributed by atoms with Gasteiger partial charge in [-0.05, 0) is 36.6 Å². The number of carbonyl (C=O) groups is 2. The summed E-state index contributed by atoms with van der Waals surface area (Å²) < 4.78 is 11.1. The Balaban J connectivity index is 1.35. The Morgan fingerprint density at radius 2 is 1.82 bits per heavy atom. The Kier molecular flexibility index (Phi) is 7.40. The lowest BCUT2D eigenvalue weighted by atomic mass is 10.1. The number of hydrogen-bond donors (Lipinski definition) is 0. The van der Waals surface area contributed by atoms with Gasteiger partial charge in [0.05, 0.1) is 25.3 Å². The van der Waals surface area contributed by atoms with E-state index in [-0.39, 0.29) is 11.8 Å². The predicted molar refractivity (Wildman–Crippen MR) is 129 cm³/mol. The number of fused-ring (bicyclic) bond motifs is 1. The second kappa shape index (κ2) is 10.4. The van der Waals surface area contributed by atoms with Crippen LogP contribution < -0.4 is 14.4 Å². The third-order valence-corrected chi connectivity index (χ3v) is 6.41. The minimum absolute atomic E-state index is 0.100. The number of hydrogen-bond acceptors (Lipinski definition) is 5. The summed E-state index contributed by atoms with van der Waals surface area (Å²) in [5.41, 5.74) is 2.72. The Hall–Kier alpha value is -2.77. The van der Waals surface area contributed by atoms with Crippen LogP contribution in [-0.2, 0) is 11.2 Å². The van der Waals surface area contributed by atoms with Gasteiger partial charge in [-0.1, -0.05) is 36.7 Å². The molecule has 0 aliphatic carbocycles. The molecular weight excluding hydrogens is 442 g/mol. The van der Waals surface area contributed by atoms with Gasteiger partial charge in [-0.2, -0.15) is 0 Å². The van der Waals surface area contributed by atoms with Crippen LogP contribution in [0.25, 0.3) is 0 Å². The van der Waals surface area contributed by atoms with Gasteiger partial charge >= 0.3 is 0 Å². The van der Waals surface area contributed by atoms with Crippen LogP contribution in [0.3, 0.4) is 0 Å². The van der Waals surface area contributed by atoms with Crippen molar-refractivity contribution in [3.63, 3.8) is 0 Å². The monoisotopic (exact) mass is 471 g/mol. The molecule has 0 saturated carbocycles. The molecule has 33 heavy (non-hydrogen) atoms. The molecule has 0 radical (unpaired) electrons. The maximum absolute atomic E-state index is 13.1. The van der Waals surface area contributed by atoms with Crippen molar-refractivity contribution in [3.05, 3.63) is 52.5 Å². The summed E-state index contributed by atoms with van der Waals surface area (Å²) >= 11 is 6.38. The maximum atomic E-state index is 13.1. The predicted octanol–water partition coefficient (Wildman–Crippen LogP) is 3.48. The molecule has 2 amide bonds.